The largest absolute Gasteiger partial charge is 0.417 e. The van der Waals surface area contributed by atoms with Gasteiger partial charge >= 0.3 is 6.18 Å². The second-order valence-corrected chi connectivity index (χ2v) is 7.55. The minimum Gasteiger partial charge on any atom is -0.287 e. The SMILES string of the molecule is O=C(c1ncccc1F)c1c(N=C(c2ccccc2)c2ccccc2)ccc(C(F)(F)F)c1Cl. The first-order valence-electron chi connectivity index (χ1n) is 10.0. The summed E-state index contributed by atoms with van der Waals surface area (Å²) in [5.74, 6) is -2.09. The van der Waals surface area contributed by atoms with E-state index in [0.29, 0.717) is 16.8 Å². The fraction of sp³-hybridized carbons (Fsp3) is 0.0385. The second kappa shape index (κ2) is 9.57. The minimum atomic E-state index is -4.83. The van der Waals surface area contributed by atoms with Crippen LogP contribution in [0.25, 0.3) is 0 Å². The van der Waals surface area contributed by atoms with E-state index in [2.05, 4.69) is 9.98 Å². The summed E-state index contributed by atoms with van der Waals surface area (Å²) in [6.07, 6.45) is -3.67. The molecule has 4 aromatic rings. The molecule has 170 valence electrons. The van der Waals surface area contributed by atoms with Crippen molar-refractivity contribution in [2.45, 2.75) is 6.18 Å². The van der Waals surface area contributed by atoms with Gasteiger partial charge in [0.1, 0.15) is 5.69 Å². The standard InChI is InChI=1S/C26H15ClF4N2O/c27-22-18(26(29,30)31)13-14-20(21(22)25(34)24-19(28)12-7-15-32-24)33-23(16-8-3-1-4-9-16)17-10-5-2-6-11-17/h1-15H. The smallest absolute Gasteiger partial charge is 0.287 e. The number of nitrogens with zero attached hydrogens (tertiary/aromatic N) is 2. The van der Waals surface area contributed by atoms with Gasteiger partial charge in [-0.1, -0.05) is 72.3 Å². The second-order valence-electron chi connectivity index (χ2n) is 7.17. The third-order valence-electron chi connectivity index (χ3n) is 4.95. The average molecular weight is 483 g/mol. The molecule has 0 fully saturated rings. The number of hydrogen-bond donors (Lipinski definition) is 0. The van der Waals surface area contributed by atoms with E-state index in [1.165, 1.54) is 12.3 Å². The molecular formula is C26H15ClF4N2O. The Kier molecular flexibility index (Phi) is 6.56. The summed E-state index contributed by atoms with van der Waals surface area (Å²) in [6, 6.07) is 21.9. The van der Waals surface area contributed by atoms with Gasteiger partial charge in [-0.2, -0.15) is 13.2 Å². The zero-order valence-corrected chi connectivity index (χ0v) is 18.1. The lowest BCUT2D eigenvalue weighted by Crippen LogP contribution is -2.13. The molecule has 34 heavy (non-hydrogen) atoms. The Balaban J connectivity index is 2.00. The lowest BCUT2D eigenvalue weighted by molar-refractivity contribution is -0.137. The Morgan fingerprint density at radius 3 is 1.94 bits per heavy atom. The molecule has 0 bridgehead atoms. The van der Waals surface area contributed by atoms with Crippen LogP contribution in [0.15, 0.2) is 96.1 Å². The Hall–Kier alpha value is -3.84. The molecule has 8 heteroatoms. The van der Waals surface area contributed by atoms with Crippen LogP contribution in [0.3, 0.4) is 0 Å². The summed E-state index contributed by atoms with van der Waals surface area (Å²) in [7, 11) is 0. The van der Waals surface area contributed by atoms with Gasteiger partial charge < -0.3 is 0 Å². The maximum atomic E-state index is 14.3. The first kappa shape index (κ1) is 23.3. The lowest BCUT2D eigenvalue weighted by atomic mass is 9.99. The number of carbonyl (C=O) groups is 1. The van der Waals surface area contributed by atoms with E-state index in [0.717, 1.165) is 18.2 Å². The number of ketones is 1. The third-order valence-corrected chi connectivity index (χ3v) is 5.35. The first-order chi connectivity index (χ1) is 16.3. The number of halogens is 5. The Morgan fingerprint density at radius 1 is 0.824 bits per heavy atom. The number of hydrogen-bond acceptors (Lipinski definition) is 3. The number of aliphatic imine (C=N–C) groups is 1. The van der Waals surface area contributed by atoms with E-state index < -0.39 is 39.6 Å². The maximum absolute atomic E-state index is 14.3. The number of aromatic nitrogens is 1. The van der Waals surface area contributed by atoms with Crippen molar-refractivity contribution in [1.82, 2.24) is 4.98 Å². The monoisotopic (exact) mass is 482 g/mol. The molecule has 1 heterocycles. The van der Waals surface area contributed by atoms with Gasteiger partial charge in [0.05, 0.1) is 27.5 Å². The molecule has 0 unspecified atom stereocenters. The Bertz CT molecular complexity index is 1330. The molecule has 0 atom stereocenters. The molecule has 0 N–H and O–H groups in total. The maximum Gasteiger partial charge on any atom is 0.417 e. The summed E-state index contributed by atoms with van der Waals surface area (Å²) < 4.78 is 55.1. The van der Waals surface area contributed by atoms with Gasteiger partial charge in [-0.25, -0.2) is 14.4 Å². The molecule has 0 radical (unpaired) electrons. The normalized spacial score (nSPS) is 11.2. The molecule has 1 aromatic heterocycles. The van der Waals surface area contributed by atoms with Gasteiger partial charge in [-0.15, -0.1) is 0 Å². The quantitative estimate of drug-likeness (QED) is 0.170. The molecule has 0 aliphatic carbocycles. The highest BCUT2D eigenvalue weighted by molar-refractivity contribution is 6.36. The summed E-state index contributed by atoms with van der Waals surface area (Å²) >= 11 is 6.11. The fourth-order valence-electron chi connectivity index (χ4n) is 3.37. The molecule has 0 aliphatic heterocycles. The van der Waals surface area contributed by atoms with Gasteiger partial charge in [0.25, 0.3) is 0 Å². The van der Waals surface area contributed by atoms with Crippen molar-refractivity contribution in [1.29, 1.82) is 0 Å². The van der Waals surface area contributed by atoms with Crippen LogP contribution in [-0.4, -0.2) is 16.5 Å². The fourth-order valence-corrected chi connectivity index (χ4v) is 3.73. The van der Waals surface area contributed by atoms with Crippen molar-refractivity contribution >= 4 is 28.8 Å². The topological polar surface area (TPSA) is 42.3 Å². The molecule has 4 rings (SSSR count). The first-order valence-corrected chi connectivity index (χ1v) is 10.4. The summed E-state index contributed by atoms with van der Waals surface area (Å²) in [5, 5.41) is -0.871. The van der Waals surface area contributed by atoms with E-state index in [4.69, 9.17) is 11.6 Å². The van der Waals surface area contributed by atoms with Crippen molar-refractivity contribution in [3.63, 3.8) is 0 Å². The van der Waals surface area contributed by atoms with Crippen LogP contribution in [0.2, 0.25) is 5.02 Å². The minimum absolute atomic E-state index is 0.143. The van der Waals surface area contributed by atoms with Gasteiger partial charge in [0, 0.05) is 17.3 Å². The van der Waals surface area contributed by atoms with Crippen LogP contribution in [-0.2, 0) is 6.18 Å². The molecule has 0 saturated carbocycles. The number of rotatable bonds is 5. The summed E-state index contributed by atoms with van der Waals surface area (Å²) in [5.41, 5.74) is -0.893. The number of alkyl halides is 3. The molecule has 0 amide bonds. The number of carbonyl (C=O) groups excluding carboxylic acids is 1. The predicted molar refractivity (Wildman–Crippen MR) is 122 cm³/mol. The van der Waals surface area contributed by atoms with Gasteiger partial charge in [0.2, 0.25) is 5.78 Å². The van der Waals surface area contributed by atoms with Crippen LogP contribution in [0.5, 0.6) is 0 Å². The van der Waals surface area contributed by atoms with Crippen LogP contribution in [0.4, 0.5) is 23.2 Å². The third kappa shape index (κ3) is 4.75. The lowest BCUT2D eigenvalue weighted by Gasteiger charge is -2.15. The van der Waals surface area contributed by atoms with Crippen LogP contribution in [0.1, 0.15) is 32.7 Å². The predicted octanol–water partition coefficient (Wildman–Crippen LogP) is 7.29. The zero-order chi connectivity index (χ0) is 24.3. The van der Waals surface area contributed by atoms with Crippen LogP contribution in [0, 0.1) is 5.82 Å². The van der Waals surface area contributed by atoms with Crippen molar-refractivity contribution in [3.8, 4) is 0 Å². The molecular weight excluding hydrogens is 468 g/mol. The highest BCUT2D eigenvalue weighted by atomic mass is 35.5. The summed E-state index contributed by atoms with van der Waals surface area (Å²) in [4.78, 5) is 21.5. The number of benzene rings is 3. The van der Waals surface area contributed by atoms with Gasteiger partial charge in [-0.3, -0.25) is 4.79 Å². The van der Waals surface area contributed by atoms with E-state index >= 15 is 0 Å². The number of pyridine rings is 1. The molecule has 3 nitrogen and oxygen atoms in total. The highest BCUT2D eigenvalue weighted by Gasteiger charge is 2.36. The van der Waals surface area contributed by atoms with E-state index in [-0.39, 0.29) is 5.69 Å². The van der Waals surface area contributed by atoms with Crippen molar-refractivity contribution in [2.75, 3.05) is 0 Å². The van der Waals surface area contributed by atoms with Gasteiger partial charge in [0.15, 0.2) is 5.82 Å². The van der Waals surface area contributed by atoms with E-state index in [9.17, 15) is 22.4 Å². The molecule has 0 saturated heterocycles. The zero-order valence-electron chi connectivity index (χ0n) is 17.4. The van der Waals surface area contributed by atoms with E-state index in [1.807, 2.05) is 0 Å². The Morgan fingerprint density at radius 2 is 1.41 bits per heavy atom. The van der Waals surface area contributed by atoms with E-state index in [1.54, 1.807) is 60.7 Å². The molecule has 0 spiro atoms. The average Bonchev–Trinajstić information content (AvgIpc) is 2.83. The van der Waals surface area contributed by atoms with Crippen LogP contribution < -0.4 is 0 Å². The van der Waals surface area contributed by atoms with Gasteiger partial charge in [-0.05, 0) is 24.3 Å². The van der Waals surface area contributed by atoms with Crippen LogP contribution >= 0.6 is 11.6 Å². The highest BCUT2D eigenvalue weighted by Crippen LogP contribution is 2.41. The molecule has 3 aromatic carbocycles. The summed E-state index contributed by atoms with van der Waals surface area (Å²) in [6.45, 7) is 0. The Labute approximate surface area is 197 Å². The van der Waals surface area contributed by atoms with Crippen molar-refractivity contribution < 1.29 is 22.4 Å². The van der Waals surface area contributed by atoms with Crippen molar-refractivity contribution in [3.05, 3.63) is 130 Å². The molecule has 0 aliphatic rings. The van der Waals surface area contributed by atoms with Crippen molar-refractivity contribution in [2.24, 2.45) is 4.99 Å².